The summed E-state index contributed by atoms with van der Waals surface area (Å²) >= 11 is 0. The second-order valence-corrected chi connectivity index (χ2v) is 14.3. The Morgan fingerprint density at radius 3 is 2.45 bits per heavy atom. The molecule has 6 nitrogen and oxygen atoms in total. The van der Waals surface area contributed by atoms with E-state index in [0.29, 0.717) is 32.2 Å². The molecular formula is C35H42O6S. The first-order chi connectivity index (χ1) is 20.0. The molecule has 42 heavy (non-hydrogen) atoms. The number of ether oxygens (including phenoxy) is 3. The molecule has 1 fully saturated rings. The number of sulfone groups is 1. The van der Waals surface area contributed by atoms with E-state index in [-0.39, 0.29) is 29.5 Å². The van der Waals surface area contributed by atoms with Gasteiger partial charge in [-0.2, -0.15) is 0 Å². The fraction of sp³-hybridized carbons (Fsp3) is 0.457. The van der Waals surface area contributed by atoms with Crippen LogP contribution in [0.1, 0.15) is 50.3 Å². The fourth-order valence-corrected chi connectivity index (χ4v) is 7.19. The zero-order chi connectivity index (χ0) is 30.2. The molecule has 0 aliphatic heterocycles. The van der Waals surface area contributed by atoms with Gasteiger partial charge in [-0.05, 0) is 110 Å². The van der Waals surface area contributed by atoms with Crippen molar-refractivity contribution >= 4 is 15.8 Å². The Hall–Kier alpha value is -3.32. The predicted octanol–water partition coefficient (Wildman–Crippen LogP) is 6.91. The Morgan fingerprint density at radius 2 is 1.76 bits per heavy atom. The Bertz CT molecular complexity index is 1560. The molecule has 0 spiro atoms. The highest BCUT2D eigenvalue weighted by Crippen LogP contribution is 2.62. The molecule has 224 valence electrons. The monoisotopic (exact) mass is 590 g/mol. The van der Waals surface area contributed by atoms with Crippen LogP contribution in [0.15, 0.2) is 71.0 Å². The van der Waals surface area contributed by atoms with Crippen molar-refractivity contribution < 1.29 is 27.4 Å². The molecule has 4 atom stereocenters. The smallest absolute Gasteiger partial charge is 0.309 e. The van der Waals surface area contributed by atoms with Crippen molar-refractivity contribution in [2.24, 2.45) is 23.7 Å². The molecular weight excluding hydrogens is 548 g/mol. The van der Waals surface area contributed by atoms with Crippen molar-refractivity contribution in [3.8, 4) is 16.9 Å². The largest absolute Gasteiger partial charge is 0.494 e. The van der Waals surface area contributed by atoms with Crippen LogP contribution in [0.3, 0.4) is 0 Å². The molecule has 0 aromatic heterocycles. The summed E-state index contributed by atoms with van der Waals surface area (Å²) in [5.74, 6) is 2.60. The van der Waals surface area contributed by atoms with E-state index in [0.717, 1.165) is 45.7 Å². The molecule has 2 aromatic rings. The quantitative estimate of drug-likeness (QED) is 0.209. The van der Waals surface area contributed by atoms with Gasteiger partial charge in [0.25, 0.3) is 0 Å². The van der Waals surface area contributed by atoms with Crippen molar-refractivity contribution in [2.75, 3.05) is 25.2 Å². The van der Waals surface area contributed by atoms with Crippen molar-refractivity contribution in [3.63, 3.8) is 0 Å². The van der Waals surface area contributed by atoms with Crippen molar-refractivity contribution in [2.45, 2.75) is 54.1 Å². The molecule has 0 N–H and O–H groups in total. The molecule has 0 radical (unpaired) electrons. The van der Waals surface area contributed by atoms with Crippen LogP contribution in [-0.2, 0) is 30.7 Å². The van der Waals surface area contributed by atoms with Gasteiger partial charge in [-0.3, -0.25) is 4.79 Å². The molecule has 2 aromatic carbocycles. The maximum atomic E-state index is 12.4. The summed E-state index contributed by atoms with van der Waals surface area (Å²) in [6.07, 6.45) is 7.11. The van der Waals surface area contributed by atoms with Gasteiger partial charge in [0, 0.05) is 18.1 Å². The zero-order valence-electron chi connectivity index (χ0n) is 25.5. The second kappa shape index (κ2) is 12.1. The highest BCUT2D eigenvalue weighted by atomic mass is 32.2. The highest BCUT2D eigenvalue weighted by molar-refractivity contribution is 7.90. The first-order valence-electron chi connectivity index (χ1n) is 14.9. The summed E-state index contributed by atoms with van der Waals surface area (Å²) in [4.78, 5) is 12.4. The van der Waals surface area contributed by atoms with E-state index in [1.165, 1.54) is 23.0 Å². The molecule has 0 amide bonds. The minimum atomic E-state index is -2.99. The summed E-state index contributed by atoms with van der Waals surface area (Å²) in [6.45, 7) is 11.6. The number of fused-ring (bicyclic) bond motifs is 2. The molecule has 5 rings (SSSR count). The number of carbonyl (C=O) groups is 1. The van der Waals surface area contributed by atoms with Crippen LogP contribution in [0, 0.1) is 37.5 Å². The summed E-state index contributed by atoms with van der Waals surface area (Å²) < 4.78 is 40.4. The topological polar surface area (TPSA) is 78.9 Å². The number of hydrogen-bond donors (Lipinski definition) is 0. The predicted molar refractivity (Wildman–Crippen MR) is 166 cm³/mol. The number of hydrogen-bond acceptors (Lipinski definition) is 6. The molecule has 7 heteroatoms. The average molecular weight is 591 g/mol. The molecule has 0 saturated heterocycles. The molecule has 1 saturated carbocycles. The van der Waals surface area contributed by atoms with Gasteiger partial charge in [-0.25, -0.2) is 8.42 Å². The van der Waals surface area contributed by atoms with Crippen LogP contribution in [0.25, 0.3) is 11.1 Å². The van der Waals surface area contributed by atoms with Crippen LogP contribution in [0.5, 0.6) is 5.75 Å². The lowest BCUT2D eigenvalue weighted by molar-refractivity contribution is -0.145. The number of rotatable bonds is 11. The first-order valence-corrected chi connectivity index (χ1v) is 17.0. The summed E-state index contributed by atoms with van der Waals surface area (Å²) in [5.41, 5.74) is 9.42. The maximum absolute atomic E-state index is 12.4. The van der Waals surface area contributed by atoms with Gasteiger partial charge in [0.05, 0.1) is 24.9 Å². The van der Waals surface area contributed by atoms with E-state index in [1.54, 1.807) is 0 Å². The van der Waals surface area contributed by atoms with Gasteiger partial charge in [-0.1, -0.05) is 36.8 Å². The summed E-state index contributed by atoms with van der Waals surface area (Å²) in [5, 5.41) is 0. The van der Waals surface area contributed by atoms with Crippen molar-refractivity contribution in [1.82, 2.24) is 0 Å². The van der Waals surface area contributed by atoms with Gasteiger partial charge in [0.2, 0.25) is 0 Å². The van der Waals surface area contributed by atoms with E-state index in [9.17, 15) is 13.2 Å². The Kier molecular flexibility index (Phi) is 8.70. The van der Waals surface area contributed by atoms with E-state index >= 15 is 0 Å². The Balaban J connectivity index is 1.27. The second-order valence-electron chi connectivity index (χ2n) is 12.1. The standard InChI is InChI=1S/C35H42O6S/c1-7-39-35(36)34-30-18-27-19-31(24(5)21(2)16-29(27)33(30)34)41-20-25-10-8-11-26(17-25)32-22(3)14-28(15-23(32)4)40-12-9-13-42(6,37)38/h8,10-11,14-17,19,24,30,33-34H,7,9,12-13,18,20H2,1-6H3. The minimum Gasteiger partial charge on any atom is -0.494 e. The minimum absolute atomic E-state index is 0.00841. The highest BCUT2D eigenvalue weighted by Gasteiger charge is 2.60. The summed E-state index contributed by atoms with van der Waals surface area (Å²) in [6, 6.07) is 12.5. The maximum Gasteiger partial charge on any atom is 0.309 e. The lowest BCUT2D eigenvalue weighted by atomic mass is 9.94. The third-order valence-corrected chi connectivity index (χ3v) is 9.81. The zero-order valence-corrected chi connectivity index (χ0v) is 26.3. The average Bonchev–Trinajstić information content (AvgIpc) is 3.56. The van der Waals surface area contributed by atoms with E-state index < -0.39 is 9.84 Å². The normalized spacial score (nSPS) is 22.9. The SMILES string of the molecule is CCOC(=O)C1C2CC3=C(C=C(C)C(C)C(OCc4cccc(-c5c(C)cc(OCCCS(C)(=O)=O)cc5C)c4)=C3)C21. The third kappa shape index (κ3) is 6.51. The van der Waals surface area contributed by atoms with Crippen molar-refractivity contribution in [3.05, 3.63) is 87.7 Å². The van der Waals surface area contributed by atoms with Crippen LogP contribution in [0.2, 0.25) is 0 Å². The van der Waals surface area contributed by atoms with Crippen LogP contribution in [0.4, 0.5) is 0 Å². The van der Waals surface area contributed by atoms with Crippen LogP contribution >= 0.6 is 0 Å². The Morgan fingerprint density at radius 1 is 1.02 bits per heavy atom. The molecule has 4 unspecified atom stereocenters. The van der Waals surface area contributed by atoms with Gasteiger partial charge in [0.15, 0.2) is 0 Å². The van der Waals surface area contributed by atoms with Gasteiger partial charge >= 0.3 is 5.97 Å². The van der Waals surface area contributed by atoms with Gasteiger partial charge in [0.1, 0.15) is 28.0 Å². The van der Waals surface area contributed by atoms with Crippen LogP contribution < -0.4 is 4.74 Å². The molecule has 0 bridgehead atoms. The molecule has 0 heterocycles. The summed E-state index contributed by atoms with van der Waals surface area (Å²) in [7, 11) is -2.99. The van der Waals surface area contributed by atoms with Gasteiger partial charge < -0.3 is 14.2 Å². The number of benzene rings is 2. The first kappa shape index (κ1) is 30.1. The number of esters is 1. The number of carbonyl (C=O) groups excluding carboxylic acids is 1. The van der Waals surface area contributed by atoms with E-state index in [2.05, 4.69) is 64.1 Å². The molecule has 3 aliphatic rings. The lowest BCUT2D eigenvalue weighted by Crippen LogP contribution is -2.10. The number of aryl methyl sites for hydroxylation is 2. The van der Waals surface area contributed by atoms with Crippen molar-refractivity contribution in [1.29, 1.82) is 0 Å². The van der Waals surface area contributed by atoms with Gasteiger partial charge in [-0.15, -0.1) is 0 Å². The van der Waals surface area contributed by atoms with E-state index in [1.807, 2.05) is 19.1 Å². The number of allylic oxidation sites excluding steroid dienone is 5. The Labute approximate surface area is 250 Å². The van der Waals surface area contributed by atoms with E-state index in [4.69, 9.17) is 14.2 Å². The third-order valence-electron chi connectivity index (χ3n) is 8.78. The lowest BCUT2D eigenvalue weighted by Gasteiger charge is -2.18. The molecule has 3 aliphatic carbocycles. The van der Waals surface area contributed by atoms with Crippen LogP contribution in [-0.4, -0.2) is 39.6 Å². The fourth-order valence-electron chi connectivity index (χ4n) is 6.54.